The number of benzene rings is 1. The highest BCUT2D eigenvalue weighted by atomic mass is 16.2. The van der Waals surface area contributed by atoms with Gasteiger partial charge < -0.3 is 9.80 Å². The Morgan fingerprint density at radius 3 is 2.80 bits per heavy atom. The molecule has 1 aromatic heterocycles. The molecule has 2 amide bonds. The minimum absolute atomic E-state index is 0.0273. The van der Waals surface area contributed by atoms with Gasteiger partial charge in [0.1, 0.15) is 0 Å². The van der Waals surface area contributed by atoms with Crippen LogP contribution in [0.1, 0.15) is 35.8 Å². The number of aromatic nitrogens is 1. The molecule has 1 saturated heterocycles. The first kappa shape index (κ1) is 17.1. The van der Waals surface area contributed by atoms with Crippen LogP contribution in [0, 0.1) is 0 Å². The van der Waals surface area contributed by atoms with E-state index < -0.39 is 0 Å². The smallest absolute Gasteiger partial charge is 0.253 e. The number of anilines is 1. The molecule has 2 heterocycles. The van der Waals surface area contributed by atoms with Crippen LogP contribution in [-0.2, 0) is 11.2 Å². The zero-order valence-corrected chi connectivity index (χ0v) is 14.7. The molecule has 1 fully saturated rings. The molecule has 25 heavy (non-hydrogen) atoms. The van der Waals surface area contributed by atoms with Crippen molar-refractivity contribution in [2.24, 2.45) is 0 Å². The van der Waals surface area contributed by atoms with Gasteiger partial charge in [0.2, 0.25) is 5.91 Å². The third kappa shape index (κ3) is 3.87. The second-order valence-electron chi connectivity index (χ2n) is 6.49. The Balaban J connectivity index is 1.72. The molecular formula is C20H23N3O2. The number of carbonyl (C=O) groups excluding carboxylic acids is 2. The van der Waals surface area contributed by atoms with Gasteiger partial charge in [-0.1, -0.05) is 12.1 Å². The van der Waals surface area contributed by atoms with Crippen LogP contribution in [0.5, 0.6) is 0 Å². The van der Waals surface area contributed by atoms with Crippen LogP contribution in [0.4, 0.5) is 5.69 Å². The van der Waals surface area contributed by atoms with Crippen LogP contribution in [0.2, 0.25) is 0 Å². The van der Waals surface area contributed by atoms with E-state index in [2.05, 4.69) is 4.98 Å². The molecule has 0 saturated carbocycles. The summed E-state index contributed by atoms with van der Waals surface area (Å²) in [5.74, 6) is 0.0819. The van der Waals surface area contributed by atoms with Gasteiger partial charge in [0.15, 0.2) is 0 Å². The second kappa shape index (κ2) is 7.47. The Labute approximate surface area is 148 Å². The lowest BCUT2D eigenvalue weighted by molar-refractivity contribution is -0.117. The lowest BCUT2D eigenvalue weighted by Crippen LogP contribution is -2.36. The van der Waals surface area contributed by atoms with Crippen LogP contribution in [-0.4, -0.2) is 41.3 Å². The Morgan fingerprint density at radius 1 is 1.28 bits per heavy atom. The minimum atomic E-state index is -0.0445. The number of hydrogen-bond donors (Lipinski definition) is 0. The fourth-order valence-electron chi connectivity index (χ4n) is 3.09. The molecule has 0 aliphatic carbocycles. The van der Waals surface area contributed by atoms with Gasteiger partial charge in [-0.05, 0) is 43.7 Å². The van der Waals surface area contributed by atoms with Crippen molar-refractivity contribution in [3.05, 3.63) is 59.9 Å². The lowest BCUT2D eigenvalue weighted by atomic mass is 10.1. The van der Waals surface area contributed by atoms with E-state index in [1.807, 2.05) is 50.4 Å². The van der Waals surface area contributed by atoms with E-state index in [9.17, 15) is 9.59 Å². The van der Waals surface area contributed by atoms with E-state index >= 15 is 0 Å². The molecule has 0 radical (unpaired) electrons. The molecular weight excluding hydrogens is 314 g/mol. The first-order valence-corrected chi connectivity index (χ1v) is 8.64. The maximum absolute atomic E-state index is 12.8. The normalized spacial score (nSPS) is 15.3. The largest absolute Gasteiger partial charge is 0.339 e. The van der Waals surface area contributed by atoms with Crippen molar-refractivity contribution >= 4 is 17.5 Å². The molecule has 0 N–H and O–H groups in total. The fourth-order valence-corrected chi connectivity index (χ4v) is 3.09. The van der Waals surface area contributed by atoms with Gasteiger partial charge in [0.05, 0.1) is 0 Å². The third-order valence-corrected chi connectivity index (χ3v) is 4.69. The monoisotopic (exact) mass is 337 g/mol. The van der Waals surface area contributed by atoms with E-state index in [-0.39, 0.29) is 17.9 Å². The van der Waals surface area contributed by atoms with Crippen molar-refractivity contribution in [1.82, 2.24) is 9.88 Å². The molecule has 0 bridgehead atoms. The predicted octanol–water partition coefficient (Wildman–Crippen LogP) is 2.91. The Hall–Kier alpha value is -2.69. The maximum atomic E-state index is 12.8. The van der Waals surface area contributed by atoms with Crippen LogP contribution in [0.15, 0.2) is 48.7 Å². The Morgan fingerprint density at radius 2 is 2.12 bits per heavy atom. The Bertz CT molecular complexity index is 761. The topological polar surface area (TPSA) is 53.5 Å². The molecule has 1 aromatic carbocycles. The standard InChI is InChI=1S/C20H23N3O2/c1-15(13-17-8-3-4-11-21-17)22(2)20(25)16-7-5-9-18(14-16)23-12-6-10-19(23)24/h3-5,7-9,11,14-15H,6,10,12-13H2,1-2H3/t15-/m1/s1. The minimum Gasteiger partial charge on any atom is -0.339 e. The van der Waals surface area contributed by atoms with Gasteiger partial charge in [-0.2, -0.15) is 0 Å². The highest BCUT2D eigenvalue weighted by molar-refractivity contribution is 5.99. The molecule has 3 rings (SSSR count). The van der Waals surface area contributed by atoms with E-state index in [0.717, 1.165) is 24.3 Å². The Kier molecular flexibility index (Phi) is 5.12. The highest BCUT2D eigenvalue weighted by Gasteiger charge is 2.23. The molecule has 130 valence electrons. The number of amides is 2. The van der Waals surface area contributed by atoms with Crippen LogP contribution < -0.4 is 4.90 Å². The van der Waals surface area contributed by atoms with Crippen molar-refractivity contribution in [3.63, 3.8) is 0 Å². The SMILES string of the molecule is C[C@H](Cc1ccccn1)N(C)C(=O)c1cccc(N2CCCC2=O)c1. The molecule has 2 aromatic rings. The van der Waals surface area contributed by atoms with Crippen molar-refractivity contribution in [2.75, 3.05) is 18.5 Å². The van der Waals surface area contributed by atoms with E-state index in [1.54, 1.807) is 22.1 Å². The maximum Gasteiger partial charge on any atom is 0.253 e. The zero-order chi connectivity index (χ0) is 17.8. The summed E-state index contributed by atoms with van der Waals surface area (Å²) in [6, 6.07) is 13.2. The quantitative estimate of drug-likeness (QED) is 0.843. The fraction of sp³-hybridized carbons (Fsp3) is 0.350. The molecule has 1 aliphatic rings. The van der Waals surface area contributed by atoms with Crippen LogP contribution in [0.25, 0.3) is 0 Å². The molecule has 0 spiro atoms. The molecule has 1 atom stereocenters. The summed E-state index contributed by atoms with van der Waals surface area (Å²) >= 11 is 0. The van der Waals surface area contributed by atoms with Gasteiger partial charge in [0.25, 0.3) is 5.91 Å². The van der Waals surface area contributed by atoms with Gasteiger partial charge in [-0.15, -0.1) is 0 Å². The number of nitrogens with zero attached hydrogens (tertiary/aromatic N) is 3. The number of hydrogen-bond acceptors (Lipinski definition) is 3. The summed E-state index contributed by atoms with van der Waals surface area (Å²) in [6.07, 6.45) is 3.92. The van der Waals surface area contributed by atoms with Gasteiger partial charge in [-0.3, -0.25) is 14.6 Å². The molecule has 1 aliphatic heterocycles. The van der Waals surface area contributed by atoms with Crippen molar-refractivity contribution < 1.29 is 9.59 Å². The summed E-state index contributed by atoms with van der Waals surface area (Å²) in [5, 5.41) is 0. The first-order chi connectivity index (χ1) is 12.1. The number of rotatable bonds is 5. The average molecular weight is 337 g/mol. The van der Waals surface area contributed by atoms with Crippen LogP contribution in [0.3, 0.4) is 0 Å². The van der Waals surface area contributed by atoms with Crippen molar-refractivity contribution in [3.8, 4) is 0 Å². The molecule has 5 heteroatoms. The number of likely N-dealkylation sites (N-methyl/N-ethyl adjacent to an activating group) is 1. The van der Waals surface area contributed by atoms with Gasteiger partial charge in [0, 0.05) is 55.6 Å². The lowest BCUT2D eigenvalue weighted by Gasteiger charge is -2.25. The summed E-state index contributed by atoms with van der Waals surface area (Å²) in [5.41, 5.74) is 2.37. The molecule has 0 unspecified atom stereocenters. The van der Waals surface area contributed by atoms with Crippen molar-refractivity contribution in [1.29, 1.82) is 0 Å². The van der Waals surface area contributed by atoms with Crippen molar-refractivity contribution in [2.45, 2.75) is 32.2 Å². The summed E-state index contributed by atoms with van der Waals surface area (Å²) in [4.78, 5) is 32.6. The second-order valence-corrected chi connectivity index (χ2v) is 6.49. The molecule has 5 nitrogen and oxygen atoms in total. The van der Waals surface area contributed by atoms with Gasteiger partial charge in [-0.25, -0.2) is 0 Å². The van der Waals surface area contributed by atoms with Crippen LogP contribution >= 0.6 is 0 Å². The number of pyridine rings is 1. The zero-order valence-electron chi connectivity index (χ0n) is 14.7. The highest BCUT2D eigenvalue weighted by Crippen LogP contribution is 2.23. The predicted molar refractivity (Wildman–Crippen MR) is 97.5 cm³/mol. The third-order valence-electron chi connectivity index (χ3n) is 4.69. The van der Waals surface area contributed by atoms with Gasteiger partial charge >= 0.3 is 0 Å². The average Bonchev–Trinajstić information content (AvgIpc) is 3.07. The van der Waals surface area contributed by atoms with E-state index in [4.69, 9.17) is 0 Å². The first-order valence-electron chi connectivity index (χ1n) is 8.64. The summed E-state index contributed by atoms with van der Waals surface area (Å²) in [6.45, 7) is 2.74. The summed E-state index contributed by atoms with van der Waals surface area (Å²) in [7, 11) is 1.81. The van der Waals surface area contributed by atoms with E-state index in [1.165, 1.54) is 0 Å². The summed E-state index contributed by atoms with van der Waals surface area (Å²) < 4.78 is 0. The van der Waals surface area contributed by atoms with E-state index in [0.29, 0.717) is 18.4 Å². The number of carbonyl (C=O) groups is 2.